The quantitative estimate of drug-likeness (QED) is 0.516. The lowest BCUT2D eigenvalue weighted by Crippen LogP contribution is -2.15. The van der Waals surface area contributed by atoms with Crippen molar-refractivity contribution in [3.05, 3.63) is 59.4 Å². The first-order chi connectivity index (χ1) is 14.5. The molecule has 30 heavy (non-hydrogen) atoms. The normalized spacial score (nSPS) is 10.7. The Bertz CT molecular complexity index is 1020. The molecule has 1 amide bonds. The summed E-state index contributed by atoms with van der Waals surface area (Å²) in [6.45, 7) is 7.11. The number of carbonyl (C=O) groups is 1. The van der Waals surface area contributed by atoms with Crippen LogP contribution in [0.4, 0.5) is 5.69 Å². The van der Waals surface area contributed by atoms with Crippen molar-refractivity contribution < 1.29 is 14.3 Å². The molecular formula is C22H26N4O3S. The third-order valence-corrected chi connectivity index (χ3v) is 5.45. The fourth-order valence-corrected chi connectivity index (χ4v) is 3.80. The van der Waals surface area contributed by atoms with E-state index in [0.717, 1.165) is 17.1 Å². The van der Waals surface area contributed by atoms with Crippen LogP contribution < -0.4 is 14.8 Å². The van der Waals surface area contributed by atoms with Crippen molar-refractivity contribution >= 4 is 23.4 Å². The van der Waals surface area contributed by atoms with E-state index in [1.54, 1.807) is 13.2 Å². The lowest BCUT2D eigenvalue weighted by Gasteiger charge is -2.11. The van der Waals surface area contributed by atoms with Crippen molar-refractivity contribution in [2.75, 3.05) is 18.2 Å². The van der Waals surface area contributed by atoms with Crippen LogP contribution in [-0.2, 0) is 17.9 Å². The van der Waals surface area contributed by atoms with Gasteiger partial charge in [0.25, 0.3) is 0 Å². The standard InChI is InChI=1S/C22H26N4O3S/c1-5-26-20(13-29-19-10-9-15(2)11-16(19)3)24-25-22(26)30-14-21(27)23-17-7-6-8-18(12-17)28-4/h6-12H,5,13-14H2,1-4H3,(H,23,27). The SMILES string of the molecule is CCn1c(COc2ccc(C)cc2C)nnc1SCC(=O)Nc1cccc(OC)c1. The maximum Gasteiger partial charge on any atom is 0.234 e. The van der Waals surface area contributed by atoms with E-state index in [4.69, 9.17) is 9.47 Å². The molecule has 0 fully saturated rings. The van der Waals surface area contributed by atoms with Crippen LogP contribution in [-0.4, -0.2) is 33.5 Å². The van der Waals surface area contributed by atoms with Crippen LogP contribution in [0.25, 0.3) is 0 Å². The molecule has 0 bridgehead atoms. The van der Waals surface area contributed by atoms with Crippen molar-refractivity contribution in [2.24, 2.45) is 0 Å². The maximum atomic E-state index is 12.3. The minimum Gasteiger partial charge on any atom is -0.497 e. The Morgan fingerprint density at radius 1 is 1.17 bits per heavy atom. The molecule has 3 rings (SSSR count). The lowest BCUT2D eigenvalue weighted by molar-refractivity contribution is -0.113. The average molecular weight is 427 g/mol. The van der Waals surface area contributed by atoms with Gasteiger partial charge in [0, 0.05) is 18.3 Å². The number of anilines is 1. The van der Waals surface area contributed by atoms with E-state index in [1.165, 1.54) is 17.3 Å². The number of hydrogen-bond acceptors (Lipinski definition) is 6. The van der Waals surface area contributed by atoms with Gasteiger partial charge in [0.1, 0.15) is 18.1 Å². The van der Waals surface area contributed by atoms with E-state index in [2.05, 4.69) is 28.5 Å². The second kappa shape index (κ2) is 10.2. The first-order valence-electron chi connectivity index (χ1n) is 9.69. The first kappa shape index (κ1) is 21.7. The van der Waals surface area contributed by atoms with Gasteiger partial charge in [-0.25, -0.2) is 0 Å². The number of hydrogen-bond donors (Lipinski definition) is 1. The molecule has 158 valence electrons. The van der Waals surface area contributed by atoms with Crippen LogP contribution >= 0.6 is 11.8 Å². The molecule has 1 N–H and O–H groups in total. The number of ether oxygens (including phenoxy) is 2. The largest absolute Gasteiger partial charge is 0.497 e. The smallest absolute Gasteiger partial charge is 0.234 e. The van der Waals surface area contributed by atoms with Gasteiger partial charge in [0.15, 0.2) is 11.0 Å². The zero-order valence-corrected chi connectivity index (χ0v) is 18.5. The zero-order valence-electron chi connectivity index (χ0n) is 17.6. The van der Waals surface area contributed by atoms with E-state index in [-0.39, 0.29) is 11.7 Å². The molecule has 0 saturated carbocycles. The van der Waals surface area contributed by atoms with Crippen LogP contribution in [0.2, 0.25) is 0 Å². The van der Waals surface area contributed by atoms with Crippen molar-refractivity contribution in [3.8, 4) is 11.5 Å². The van der Waals surface area contributed by atoms with Crippen molar-refractivity contribution in [2.45, 2.75) is 39.1 Å². The molecule has 0 atom stereocenters. The maximum absolute atomic E-state index is 12.3. The number of aromatic nitrogens is 3. The molecule has 0 spiro atoms. The second-order valence-corrected chi connectivity index (χ2v) is 7.71. The number of thioether (sulfide) groups is 1. The predicted octanol–water partition coefficient (Wildman–Crippen LogP) is 4.23. The Hall–Kier alpha value is -3.00. The topological polar surface area (TPSA) is 78.3 Å². The van der Waals surface area contributed by atoms with Gasteiger partial charge in [0.05, 0.1) is 12.9 Å². The van der Waals surface area contributed by atoms with E-state index in [1.807, 2.05) is 48.7 Å². The van der Waals surface area contributed by atoms with Gasteiger partial charge in [-0.3, -0.25) is 4.79 Å². The van der Waals surface area contributed by atoms with Crippen LogP contribution in [0.1, 0.15) is 23.9 Å². The summed E-state index contributed by atoms with van der Waals surface area (Å²) in [5.74, 6) is 2.37. The monoisotopic (exact) mass is 426 g/mol. The molecule has 1 aromatic heterocycles. The fraction of sp³-hybridized carbons (Fsp3) is 0.318. The van der Waals surface area contributed by atoms with E-state index in [9.17, 15) is 4.79 Å². The summed E-state index contributed by atoms with van der Waals surface area (Å²) in [5.41, 5.74) is 2.98. The van der Waals surface area contributed by atoms with Crippen LogP contribution in [0.5, 0.6) is 11.5 Å². The minimum absolute atomic E-state index is 0.119. The fourth-order valence-electron chi connectivity index (χ4n) is 2.98. The second-order valence-electron chi connectivity index (χ2n) is 6.77. The summed E-state index contributed by atoms with van der Waals surface area (Å²) in [4.78, 5) is 12.3. The molecule has 0 aliphatic heterocycles. The van der Waals surface area contributed by atoms with Gasteiger partial charge < -0.3 is 19.4 Å². The number of nitrogens with zero attached hydrogens (tertiary/aromatic N) is 3. The van der Waals surface area contributed by atoms with E-state index >= 15 is 0 Å². The Kier molecular flexibility index (Phi) is 7.35. The highest BCUT2D eigenvalue weighted by Gasteiger charge is 2.14. The Labute approximate surface area is 180 Å². The molecule has 7 nitrogen and oxygen atoms in total. The number of methoxy groups -OCH3 is 1. The predicted molar refractivity (Wildman–Crippen MR) is 118 cm³/mol. The zero-order chi connectivity index (χ0) is 21.5. The number of carbonyl (C=O) groups excluding carboxylic acids is 1. The Balaban J connectivity index is 1.58. The van der Waals surface area contributed by atoms with Crippen LogP contribution in [0.15, 0.2) is 47.6 Å². The van der Waals surface area contributed by atoms with Gasteiger partial charge in [-0.1, -0.05) is 35.5 Å². The van der Waals surface area contributed by atoms with E-state index in [0.29, 0.717) is 29.7 Å². The summed E-state index contributed by atoms with van der Waals surface area (Å²) >= 11 is 1.35. The number of nitrogens with one attached hydrogen (secondary N) is 1. The van der Waals surface area contributed by atoms with Crippen molar-refractivity contribution in [1.82, 2.24) is 14.8 Å². The summed E-state index contributed by atoms with van der Waals surface area (Å²) in [7, 11) is 1.59. The summed E-state index contributed by atoms with van der Waals surface area (Å²) in [6.07, 6.45) is 0. The highest BCUT2D eigenvalue weighted by Crippen LogP contribution is 2.22. The summed E-state index contributed by atoms with van der Waals surface area (Å²) < 4.78 is 13.1. The van der Waals surface area contributed by atoms with Crippen molar-refractivity contribution in [3.63, 3.8) is 0 Å². The molecule has 0 aliphatic carbocycles. The molecule has 0 saturated heterocycles. The molecule has 0 aliphatic rings. The average Bonchev–Trinajstić information content (AvgIpc) is 3.13. The molecule has 2 aromatic carbocycles. The highest BCUT2D eigenvalue weighted by molar-refractivity contribution is 7.99. The minimum atomic E-state index is -0.119. The number of benzene rings is 2. The number of amides is 1. The summed E-state index contributed by atoms with van der Waals surface area (Å²) in [5, 5.41) is 12.0. The highest BCUT2D eigenvalue weighted by atomic mass is 32.2. The van der Waals surface area contributed by atoms with Gasteiger partial charge in [-0.2, -0.15) is 0 Å². The lowest BCUT2D eigenvalue weighted by atomic mass is 10.1. The molecule has 3 aromatic rings. The van der Waals surface area contributed by atoms with Crippen LogP contribution in [0, 0.1) is 13.8 Å². The third kappa shape index (κ3) is 5.54. The van der Waals surface area contributed by atoms with E-state index < -0.39 is 0 Å². The Morgan fingerprint density at radius 3 is 2.73 bits per heavy atom. The Morgan fingerprint density at radius 2 is 2.00 bits per heavy atom. The number of aryl methyl sites for hydroxylation is 2. The molecule has 1 heterocycles. The molecule has 8 heteroatoms. The molecular weight excluding hydrogens is 400 g/mol. The van der Waals surface area contributed by atoms with Gasteiger partial charge in [0.2, 0.25) is 5.91 Å². The molecule has 0 unspecified atom stereocenters. The van der Waals surface area contributed by atoms with Gasteiger partial charge in [-0.05, 0) is 44.5 Å². The van der Waals surface area contributed by atoms with Crippen LogP contribution in [0.3, 0.4) is 0 Å². The first-order valence-corrected chi connectivity index (χ1v) is 10.7. The summed E-state index contributed by atoms with van der Waals surface area (Å²) in [6, 6.07) is 13.3. The van der Waals surface area contributed by atoms with Gasteiger partial charge in [-0.15, -0.1) is 10.2 Å². The molecule has 0 radical (unpaired) electrons. The third-order valence-electron chi connectivity index (χ3n) is 4.48. The number of rotatable bonds is 9. The van der Waals surface area contributed by atoms with Crippen molar-refractivity contribution in [1.29, 1.82) is 0 Å². The van der Waals surface area contributed by atoms with Gasteiger partial charge >= 0.3 is 0 Å².